The van der Waals surface area contributed by atoms with Crippen molar-refractivity contribution in [1.29, 1.82) is 0 Å². The number of methoxy groups -OCH3 is 3. The van der Waals surface area contributed by atoms with E-state index in [0.29, 0.717) is 22.8 Å². The number of aliphatic hydroxyl groups is 1. The standard InChI is InChI=1S/C14H20O6/c1-14(2,13(16)17)12(15)8-6-10(19-4)11(20-5)7-9(8)18-3/h6-7,12,15H,1-5H3,(H,16,17). The van der Waals surface area contributed by atoms with Crippen LogP contribution in [0.3, 0.4) is 0 Å². The summed E-state index contributed by atoms with van der Waals surface area (Å²) in [6.07, 6.45) is -1.25. The minimum atomic E-state index is -1.37. The van der Waals surface area contributed by atoms with Crippen LogP contribution >= 0.6 is 0 Å². The van der Waals surface area contributed by atoms with E-state index in [1.54, 1.807) is 6.07 Å². The Kier molecular flexibility index (Phi) is 4.83. The van der Waals surface area contributed by atoms with E-state index < -0.39 is 17.5 Å². The number of aliphatic hydroxyl groups excluding tert-OH is 1. The molecule has 0 spiro atoms. The average Bonchev–Trinajstić information content (AvgIpc) is 2.44. The van der Waals surface area contributed by atoms with Crippen molar-refractivity contribution in [2.75, 3.05) is 21.3 Å². The van der Waals surface area contributed by atoms with Gasteiger partial charge in [0.05, 0.1) is 32.8 Å². The minimum Gasteiger partial charge on any atom is -0.496 e. The van der Waals surface area contributed by atoms with Gasteiger partial charge in [0.2, 0.25) is 0 Å². The largest absolute Gasteiger partial charge is 0.496 e. The highest BCUT2D eigenvalue weighted by Gasteiger charge is 2.38. The second-order valence-electron chi connectivity index (χ2n) is 4.88. The van der Waals surface area contributed by atoms with Crippen LogP contribution in [-0.2, 0) is 4.79 Å². The van der Waals surface area contributed by atoms with Crippen LogP contribution in [0.15, 0.2) is 12.1 Å². The van der Waals surface area contributed by atoms with E-state index >= 15 is 0 Å². The van der Waals surface area contributed by atoms with Crippen molar-refractivity contribution >= 4 is 5.97 Å². The maximum atomic E-state index is 11.3. The molecule has 0 saturated heterocycles. The van der Waals surface area contributed by atoms with E-state index in [4.69, 9.17) is 14.2 Å². The monoisotopic (exact) mass is 284 g/mol. The van der Waals surface area contributed by atoms with Crippen molar-refractivity contribution in [3.8, 4) is 17.2 Å². The molecule has 0 fully saturated rings. The molecule has 6 heteroatoms. The SMILES string of the molecule is COc1cc(OC)c(C(O)C(C)(C)C(=O)O)cc1OC. The Hall–Kier alpha value is -1.95. The second kappa shape index (κ2) is 6.00. The number of hydrogen-bond acceptors (Lipinski definition) is 5. The van der Waals surface area contributed by atoms with E-state index in [1.807, 2.05) is 0 Å². The minimum absolute atomic E-state index is 0.331. The lowest BCUT2D eigenvalue weighted by Crippen LogP contribution is -2.31. The van der Waals surface area contributed by atoms with Crippen molar-refractivity contribution in [3.05, 3.63) is 17.7 Å². The summed E-state index contributed by atoms with van der Waals surface area (Å²) in [5, 5.41) is 19.6. The molecule has 1 aromatic rings. The number of benzene rings is 1. The van der Waals surface area contributed by atoms with Crippen LogP contribution in [0.5, 0.6) is 17.2 Å². The maximum absolute atomic E-state index is 11.3. The number of carboxylic acids is 1. The molecular weight excluding hydrogens is 264 g/mol. The molecule has 6 nitrogen and oxygen atoms in total. The molecular formula is C14H20O6. The van der Waals surface area contributed by atoms with Gasteiger partial charge < -0.3 is 24.4 Å². The predicted molar refractivity (Wildman–Crippen MR) is 72.5 cm³/mol. The van der Waals surface area contributed by atoms with Crippen molar-refractivity contribution in [3.63, 3.8) is 0 Å². The zero-order valence-electron chi connectivity index (χ0n) is 12.3. The number of aliphatic carboxylic acids is 1. The first-order chi connectivity index (χ1) is 9.29. The molecule has 1 atom stereocenters. The molecule has 0 amide bonds. The first kappa shape index (κ1) is 16.1. The van der Waals surface area contributed by atoms with Crippen LogP contribution in [0, 0.1) is 5.41 Å². The molecule has 20 heavy (non-hydrogen) atoms. The van der Waals surface area contributed by atoms with E-state index in [0.717, 1.165) is 0 Å². The molecule has 2 N–H and O–H groups in total. The highest BCUT2D eigenvalue weighted by molar-refractivity contribution is 5.75. The number of carboxylic acid groups (broad SMARTS) is 1. The van der Waals surface area contributed by atoms with Crippen molar-refractivity contribution in [1.82, 2.24) is 0 Å². The molecule has 0 aliphatic rings. The summed E-state index contributed by atoms with van der Waals surface area (Å²) in [7, 11) is 4.38. The van der Waals surface area contributed by atoms with Crippen LogP contribution in [0.2, 0.25) is 0 Å². The van der Waals surface area contributed by atoms with Gasteiger partial charge in [-0.1, -0.05) is 0 Å². The molecule has 0 saturated carbocycles. The summed E-state index contributed by atoms with van der Waals surface area (Å²) in [5.41, 5.74) is -1.04. The quantitative estimate of drug-likeness (QED) is 0.829. The summed E-state index contributed by atoms with van der Waals surface area (Å²) in [5.74, 6) is 0.0586. The van der Waals surface area contributed by atoms with Gasteiger partial charge in [-0.05, 0) is 19.9 Å². The third-order valence-corrected chi connectivity index (χ3v) is 3.27. The van der Waals surface area contributed by atoms with Gasteiger partial charge in [-0.3, -0.25) is 4.79 Å². The Bertz CT molecular complexity index is 495. The van der Waals surface area contributed by atoms with Gasteiger partial charge in [-0.15, -0.1) is 0 Å². The molecule has 0 aliphatic carbocycles. The molecule has 0 aliphatic heterocycles. The van der Waals surface area contributed by atoms with E-state index in [2.05, 4.69) is 0 Å². The van der Waals surface area contributed by atoms with Crippen LogP contribution in [0.1, 0.15) is 25.5 Å². The lowest BCUT2D eigenvalue weighted by molar-refractivity contribution is -0.153. The molecule has 0 bridgehead atoms. The Morgan fingerprint density at radius 3 is 1.90 bits per heavy atom. The normalized spacial score (nSPS) is 12.7. The number of ether oxygens (including phenoxy) is 3. The van der Waals surface area contributed by atoms with Crippen molar-refractivity contribution < 1.29 is 29.2 Å². The van der Waals surface area contributed by atoms with Gasteiger partial charge in [0.25, 0.3) is 0 Å². The predicted octanol–water partition coefficient (Wildman–Crippen LogP) is 1.86. The average molecular weight is 284 g/mol. The Balaban J connectivity index is 3.40. The Morgan fingerprint density at radius 2 is 1.50 bits per heavy atom. The van der Waals surface area contributed by atoms with Gasteiger partial charge in [0, 0.05) is 11.6 Å². The van der Waals surface area contributed by atoms with Gasteiger partial charge in [0.15, 0.2) is 11.5 Å². The van der Waals surface area contributed by atoms with E-state index in [9.17, 15) is 15.0 Å². The third-order valence-electron chi connectivity index (χ3n) is 3.27. The lowest BCUT2D eigenvalue weighted by Gasteiger charge is -2.28. The molecule has 0 radical (unpaired) electrons. The zero-order chi connectivity index (χ0) is 15.5. The summed E-state index contributed by atoms with van der Waals surface area (Å²) < 4.78 is 15.5. The van der Waals surface area contributed by atoms with Crippen LogP contribution in [-0.4, -0.2) is 37.5 Å². The topological polar surface area (TPSA) is 85.2 Å². The summed E-state index contributed by atoms with van der Waals surface area (Å²) in [6, 6.07) is 3.07. The highest BCUT2D eigenvalue weighted by Crippen LogP contribution is 2.43. The first-order valence-corrected chi connectivity index (χ1v) is 6.01. The summed E-state index contributed by atoms with van der Waals surface area (Å²) in [6.45, 7) is 2.88. The van der Waals surface area contributed by atoms with Gasteiger partial charge in [-0.25, -0.2) is 0 Å². The highest BCUT2D eigenvalue weighted by atomic mass is 16.5. The maximum Gasteiger partial charge on any atom is 0.312 e. The first-order valence-electron chi connectivity index (χ1n) is 6.01. The number of rotatable bonds is 6. The van der Waals surface area contributed by atoms with Crippen molar-refractivity contribution in [2.24, 2.45) is 5.41 Å². The zero-order valence-corrected chi connectivity index (χ0v) is 12.3. The smallest absolute Gasteiger partial charge is 0.312 e. The Labute approximate surface area is 117 Å². The molecule has 1 aromatic carbocycles. The number of hydrogen-bond donors (Lipinski definition) is 2. The molecule has 1 rings (SSSR count). The van der Waals surface area contributed by atoms with Gasteiger partial charge in [-0.2, -0.15) is 0 Å². The van der Waals surface area contributed by atoms with Crippen LogP contribution in [0.4, 0.5) is 0 Å². The van der Waals surface area contributed by atoms with Crippen molar-refractivity contribution in [2.45, 2.75) is 20.0 Å². The Morgan fingerprint density at radius 1 is 1.05 bits per heavy atom. The molecule has 112 valence electrons. The van der Waals surface area contributed by atoms with E-state index in [1.165, 1.54) is 41.2 Å². The fraction of sp³-hybridized carbons (Fsp3) is 0.500. The van der Waals surface area contributed by atoms with Gasteiger partial charge >= 0.3 is 5.97 Å². The summed E-state index contributed by atoms with van der Waals surface area (Å²) >= 11 is 0. The van der Waals surface area contributed by atoms with E-state index in [-0.39, 0.29) is 0 Å². The van der Waals surface area contributed by atoms with Crippen LogP contribution < -0.4 is 14.2 Å². The third kappa shape index (κ3) is 2.80. The molecule has 0 heterocycles. The molecule has 0 aromatic heterocycles. The fourth-order valence-corrected chi connectivity index (χ4v) is 1.77. The fourth-order valence-electron chi connectivity index (χ4n) is 1.77. The molecule has 1 unspecified atom stereocenters. The number of carbonyl (C=O) groups is 1. The summed E-state index contributed by atoms with van der Waals surface area (Å²) in [4.78, 5) is 11.3. The second-order valence-corrected chi connectivity index (χ2v) is 4.88. The lowest BCUT2D eigenvalue weighted by atomic mass is 9.82. The van der Waals surface area contributed by atoms with Gasteiger partial charge in [0.1, 0.15) is 5.75 Å². The van der Waals surface area contributed by atoms with Crippen LogP contribution in [0.25, 0.3) is 0 Å².